The van der Waals surface area contributed by atoms with Gasteiger partial charge in [0.2, 0.25) is 10.0 Å². The summed E-state index contributed by atoms with van der Waals surface area (Å²) >= 11 is 1.42. The van der Waals surface area contributed by atoms with Gasteiger partial charge in [0.25, 0.3) is 5.56 Å². The summed E-state index contributed by atoms with van der Waals surface area (Å²) in [5, 5.41) is 0.646. The Morgan fingerprint density at radius 2 is 1.71 bits per heavy atom. The van der Waals surface area contributed by atoms with Gasteiger partial charge in [-0.05, 0) is 36.1 Å². The fraction of sp³-hybridized carbons (Fsp3) is 0.217. The van der Waals surface area contributed by atoms with Crippen LogP contribution < -0.4 is 5.56 Å². The molecule has 0 atom stereocenters. The molecule has 0 N–H and O–H groups in total. The molecule has 0 bridgehead atoms. The van der Waals surface area contributed by atoms with Crippen LogP contribution in [0.25, 0.3) is 10.2 Å². The first-order valence-corrected chi connectivity index (χ1v) is 12.4. The van der Waals surface area contributed by atoms with Gasteiger partial charge in [-0.3, -0.25) is 9.36 Å². The van der Waals surface area contributed by atoms with E-state index in [4.69, 9.17) is 0 Å². The lowest BCUT2D eigenvalue weighted by molar-refractivity contribution is 0.396. The van der Waals surface area contributed by atoms with E-state index in [1.165, 1.54) is 21.2 Å². The zero-order valence-corrected chi connectivity index (χ0v) is 18.4. The highest BCUT2D eigenvalue weighted by Gasteiger charge is 2.31. The Labute approximate surface area is 184 Å². The number of rotatable bonds is 5. The average Bonchev–Trinajstić information content (AvgIpc) is 3.18. The molecule has 1 aliphatic heterocycles. The Hall–Kier alpha value is -2.81. The Morgan fingerprint density at radius 3 is 2.45 bits per heavy atom. The number of nitrogens with zero attached hydrogens (tertiary/aromatic N) is 3. The third-order valence-corrected chi connectivity index (χ3v) is 8.64. The molecule has 8 heteroatoms. The van der Waals surface area contributed by atoms with Crippen molar-refractivity contribution < 1.29 is 8.42 Å². The predicted molar refractivity (Wildman–Crippen MR) is 122 cm³/mol. The van der Waals surface area contributed by atoms with E-state index in [-0.39, 0.29) is 12.1 Å². The number of hydrogen-bond acceptors (Lipinski definition) is 5. The average molecular weight is 452 g/mol. The number of aromatic nitrogens is 2. The minimum Gasteiger partial charge on any atom is -0.298 e. The van der Waals surface area contributed by atoms with Crippen LogP contribution in [-0.2, 0) is 36.0 Å². The largest absolute Gasteiger partial charge is 0.298 e. The van der Waals surface area contributed by atoms with Gasteiger partial charge in [-0.1, -0.05) is 48.5 Å². The van der Waals surface area contributed by atoms with E-state index >= 15 is 0 Å². The lowest BCUT2D eigenvalue weighted by Crippen LogP contribution is -2.35. The Bertz CT molecular complexity index is 1390. The fourth-order valence-electron chi connectivity index (χ4n) is 4.00. The highest BCUT2D eigenvalue weighted by atomic mass is 32.2. The Balaban J connectivity index is 1.45. The third kappa shape index (κ3) is 3.71. The van der Waals surface area contributed by atoms with Gasteiger partial charge in [0.1, 0.15) is 4.83 Å². The van der Waals surface area contributed by atoms with Crippen LogP contribution in [0.15, 0.2) is 76.7 Å². The van der Waals surface area contributed by atoms with Gasteiger partial charge < -0.3 is 0 Å². The first-order valence-electron chi connectivity index (χ1n) is 10.1. The maximum Gasteiger partial charge on any atom is 0.262 e. The van der Waals surface area contributed by atoms with Gasteiger partial charge in [0.15, 0.2) is 0 Å². The molecule has 158 valence electrons. The molecule has 6 nitrogen and oxygen atoms in total. The van der Waals surface area contributed by atoms with Gasteiger partial charge in [0.05, 0.1) is 16.6 Å². The van der Waals surface area contributed by atoms with Gasteiger partial charge in [-0.15, -0.1) is 11.3 Å². The van der Waals surface area contributed by atoms with Crippen LogP contribution in [0.3, 0.4) is 0 Å². The molecular formula is C23H21N3O3S2. The van der Waals surface area contributed by atoms with Crippen molar-refractivity contribution in [3.05, 3.63) is 93.3 Å². The first-order chi connectivity index (χ1) is 15.0. The number of sulfonamides is 1. The molecule has 2 aromatic carbocycles. The van der Waals surface area contributed by atoms with Gasteiger partial charge in [-0.2, -0.15) is 4.31 Å². The normalized spacial score (nSPS) is 14.6. The maximum absolute atomic E-state index is 13.2. The molecular weight excluding hydrogens is 430 g/mol. The molecule has 31 heavy (non-hydrogen) atoms. The summed E-state index contributed by atoms with van der Waals surface area (Å²) in [6.45, 7) is 1.19. The second-order valence-corrected chi connectivity index (χ2v) is 10.6. The van der Waals surface area contributed by atoms with E-state index in [0.29, 0.717) is 34.6 Å². The van der Waals surface area contributed by atoms with Crippen LogP contribution in [-0.4, -0.2) is 28.8 Å². The van der Waals surface area contributed by atoms with E-state index in [9.17, 15) is 13.2 Å². The van der Waals surface area contributed by atoms with Gasteiger partial charge >= 0.3 is 0 Å². The molecule has 3 heterocycles. The summed E-state index contributed by atoms with van der Waals surface area (Å²) in [6.07, 6.45) is 2.87. The molecule has 5 rings (SSSR count). The van der Waals surface area contributed by atoms with Crippen molar-refractivity contribution >= 4 is 31.6 Å². The van der Waals surface area contributed by atoms with Gasteiger partial charge in [-0.25, -0.2) is 13.4 Å². The number of benzene rings is 2. The lowest BCUT2D eigenvalue weighted by atomic mass is 10.1. The summed E-state index contributed by atoms with van der Waals surface area (Å²) in [7, 11) is -3.56. The van der Waals surface area contributed by atoms with E-state index in [2.05, 4.69) is 4.98 Å². The lowest BCUT2D eigenvalue weighted by Gasteiger charge is -2.26. The SMILES string of the molecule is O=c1c2c3c(sc2ncn1CCc1ccccc1)CN(S(=O)(=O)c1ccccc1)CC3. The number of thiophene rings is 1. The summed E-state index contributed by atoms with van der Waals surface area (Å²) in [5.74, 6) is 0. The monoisotopic (exact) mass is 451 g/mol. The van der Waals surface area contributed by atoms with Crippen LogP contribution in [0.5, 0.6) is 0 Å². The van der Waals surface area contributed by atoms with E-state index in [1.54, 1.807) is 41.2 Å². The molecule has 4 aromatic rings. The number of hydrogen-bond donors (Lipinski definition) is 0. The summed E-state index contributed by atoms with van der Waals surface area (Å²) in [6, 6.07) is 18.5. The van der Waals surface area contributed by atoms with Crippen molar-refractivity contribution in [1.82, 2.24) is 13.9 Å². The zero-order chi connectivity index (χ0) is 21.4. The minimum absolute atomic E-state index is 0.0437. The smallest absolute Gasteiger partial charge is 0.262 e. The molecule has 2 aromatic heterocycles. The van der Waals surface area contributed by atoms with Crippen molar-refractivity contribution in [3.63, 3.8) is 0 Å². The molecule has 0 saturated carbocycles. The molecule has 0 saturated heterocycles. The highest BCUT2D eigenvalue weighted by molar-refractivity contribution is 7.89. The standard InChI is InChI=1S/C23H21N3O3S2/c27-23-21-19-12-14-26(31(28,29)18-9-5-2-6-10-18)15-20(19)30-22(21)24-16-25(23)13-11-17-7-3-1-4-8-17/h1-10,16H,11-15H2. The second kappa shape index (κ2) is 8.03. The fourth-order valence-corrected chi connectivity index (χ4v) is 6.70. The zero-order valence-electron chi connectivity index (χ0n) is 16.8. The predicted octanol–water partition coefficient (Wildman–Crippen LogP) is 3.45. The molecule has 0 unspecified atom stereocenters. The van der Waals surface area contributed by atoms with Crippen molar-refractivity contribution in [2.24, 2.45) is 0 Å². The summed E-state index contributed by atoms with van der Waals surface area (Å²) in [4.78, 5) is 19.6. The van der Waals surface area contributed by atoms with Crippen LogP contribution in [0, 0.1) is 0 Å². The molecule has 0 amide bonds. The molecule has 1 aliphatic rings. The van der Waals surface area contributed by atoms with Crippen molar-refractivity contribution in [2.45, 2.75) is 30.8 Å². The van der Waals surface area contributed by atoms with E-state index in [1.807, 2.05) is 30.3 Å². The first kappa shape index (κ1) is 20.1. The van der Waals surface area contributed by atoms with Gasteiger partial charge in [0, 0.05) is 24.5 Å². The molecule has 0 radical (unpaired) electrons. The van der Waals surface area contributed by atoms with Crippen LogP contribution in [0.2, 0.25) is 0 Å². The number of aryl methyl sites for hydroxylation is 2. The van der Waals surface area contributed by atoms with E-state index in [0.717, 1.165) is 16.9 Å². The van der Waals surface area contributed by atoms with Crippen molar-refractivity contribution in [3.8, 4) is 0 Å². The van der Waals surface area contributed by atoms with E-state index < -0.39 is 10.0 Å². The minimum atomic E-state index is -3.56. The topological polar surface area (TPSA) is 72.3 Å². The van der Waals surface area contributed by atoms with Crippen molar-refractivity contribution in [2.75, 3.05) is 6.54 Å². The van der Waals surface area contributed by atoms with Crippen LogP contribution in [0.1, 0.15) is 16.0 Å². The van der Waals surface area contributed by atoms with Crippen molar-refractivity contribution in [1.29, 1.82) is 0 Å². The maximum atomic E-state index is 13.2. The second-order valence-electron chi connectivity index (χ2n) is 7.56. The quantitative estimate of drug-likeness (QED) is 0.466. The Morgan fingerprint density at radius 1 is 1.00 bits per heavy atom. The third-order valence-electron chi connectivity index (χ3n) is 5.66. The summed E-state index contributed by atoms with van der Waals surface area (Å²) in [5.41, 5.74) is 2.08. The molecule has 0 spiro atoms. The highest BCUT2D eigenvalue weighted by Crippen LogP contribution is 2.34. The van der Waals surface area contributed by atoms with Crippen LogP contribution in [0.4, 0.5) is 0 Å². The molecule has 0 fully saturated rings. The summed E-state index contributed by atoms with van der Waals surface area (Å²) < 4.78 is 29.2. The van der Waals surface area contributed by atoms with Crippen LogP contribution >= 0.6 is 11.3 Å². The number of fused-ring (bicyclic) bond motifs is 3. The Kier molecular flexibility index (Phi) is 5.21. The molecule has 0 aliphatic carbocycles.